The molecule has 0 aliphatic carbocycles. The first-order chi connectivity index (χ1) is 6.97. The van der Waals surface area contributed by atoms with Crippen LogP contribution in [0, 0.1) is 0 Å². The highest BCUT2D eigenvalue weighted by atomic mass is 19.4. The van der Waals surface area contributed by atoms with Gasteiger partial charge in [0.2, 0.25) is 0 Å². The van der Waals surface area contributed by atoms with Gasteiger partial charge in [-0.1, -0.05) is 0 Å². The lowest BCUT2D eigenvalue weighted by Crippen LogP contribution is -2.39. The first-order valence-electron chi connectivity index (χ1n) is 5.10. The van der Waals surface area contributed by atoms with Gasteiger partial charge < -0.3 is 10.5 Å². The maximum absolute atomic E-state index is 12.0. The first kappa shape index (κ1) is 12.7. The van der Waals surface area contributed by atoms with Gasteiger partial charge in [0.1, 0.15) is 0 Å². The first-order valence-corrected chi connectivity index (χ1v) is 5.10. The van der Waals surface area contributed by atoms with Crippen LogP contribution in [-0.4, -0.2) is 50.0 Å². The Kier molecular flexibility index (Phi) is 4.82. The summed E-state index contributed by atoms with van der Waals surface area (Å²) in [7, 11) is 0. The Balaban J connectivity index is 2.12. The molecule has 0 aromatic heterocycles. The highest BCUT2D eigenvalue weighted by Crippen LogP contribution is 2.21. The highest BCUT2D eigenvalue weighted by Gasteiger charge is 2.30. The van der Waals surface area contributed by atoms with Gasteiger partial charge >= 0.3 is 6.18 Å². The van der Waals surface area contributed by atoms with E-state index >= 15 is 0 Å². The predicted molar refractivity (Wildman–Crippen MR) is 50.5 cm³/mol. The fourth-order valence-corrected chi connectivity index (χ4v) is 1.57. The third-order valence-corrected chi connectivity index (χ3v) is 2.41. The lowest BCUT2D eigenvalue weighted by atomic mass is 10.1. The fraction of sp³-hybridized carbons (Fsp3) is 1.00. The van der Waals surface area contributed by atoms with E-state index in [0.29, 0.717) is 26.2 Å². The molecule has 90 valence electrons. The number of morpholine rings is 1. The van der Waals surface area contributed by atoms with Crippen LogP contribution in [0.4, 0.5) is 13.2 Å². The van der Waals surface area contributed by atoms with Crippen molar-refractivity contribution >= 4 is 0 Å². The van der Waals surface area contributed by atoms with Crippen molar-refractivity contribution < 1.29 is 17.9 Å². The third-order valence-electron chi connectivity index (χ3n) is 2.41. The largest absolute Gasteiger partial charge is 0.390 e. The van der Waals surface area contributed by atoms with Gasteiger partial charge in [-0.2, -0.15) is 13.2 Å². The quantitative estimate of drug-likeness (QED) is 0.777. The van der Waals surface area contributed by atoms with Gasteiger partial charge in [-0.15, -0.1) is 0 Å². The molecule has 2 N–H and O–H groups in total. The standard InChI is InChI=1S/C9H17F3N2O/c10-9(11,12)7-8(13)1-2-14-3-5-15-6-4-14/h8H,1-7,13H2. The molecule has 3 nitrogen and oxygen atoms in total. The Labute approximate surface area is 87.4 Å². The molecule has 0 bridgehead atoms. The zero-order valence-corrected chi connectivity index (χ0v) is 8.59. The van der Waals surface area contributed by atoms with E-state index in [1.165, 1.54) is 0 Å². The van der Waals surface area contributed by atoms with Gasteiger partial charge in [0.25, 0.3) is 0 Å². The molecule has 1 rings (SSSR count). The number of alkyl halides is 3. The number of hydrogen-bond donors (Lipinski definition) is 1. The average Bonchev–Trinajstić information content (AvgIpc) is 2.14. The van der Waals surface area contributed by atoms with Crippen molar-refractivity contribution in [3.05, 3.63) is 0 Å². The number of halogens is 3. The fourth-order valence-electron chi connectivity index (χ4n) is 1.57. The van der Waals surface area contributed by atoms with E-state index in [9.17, 15) is 13.2 Å². The lowest BCUT2D eigenvalue weighted by molar-refractivity contribution is -0.138. The topological polar surface area (TPSA) is 38.5 Å². The Morgan fingerprint density at radius 3 is 2.40 bits per heavy atom. The summed E-state index contributed by atoms with van der Waals surface area (Å²) in [5.41, 5.74) is 5.40. The van der Waals surface area contributed by atoms with Crippen molar-refractivity contribution in [2.24, 2.45) is 5.73 Å². The minimum absolute atomic E-state index is 0.388. The van der Waals surface area contributed by atoms with Crippen molar-refractivity contribution in [3.8, 4) is 0 Å². The second kappa shape index (κ2) is 5.67. The molecule has 0 saturated carbocycles. The van der Waals surface area contributed by atoms with Gasteiger partial charge in [-0.05, 0) is 13.0 Å². The second-order valence-electron chi connectivity index (χ2n) is 3.82. The molecule has 0 aromatic carbocycles. The Morgan fingerprint density at radius 1 is 1.27 bits per heavy atom. The Hall–Kier alpha value is -0.330. The van der Waals surface area contributed by atoms with Crippen LogP contribution in [0.5, 0.6) is 0 Å². The smallest absolute Gasteiger partial charge is 0.379 e. The zero-order chi connectivity index (χ0) is 11.3. The molecule has 0 spiro atoms. The molecule has 15 heavy (non-hydrogen) atoms. The van der Waals surface area contributed by atoms with Gasteiger partial charge in [0.15, 0.2) is 0 Å². The summed E-state index contributed by atoms with van der Waals surface area (Å²) in [6, 6.07) is -0.784. The molecule has 1 fully saturated rings. The van der Waals surface area contributed by atoms with E-state index in [1.54, 1.807) is 0 Å². The van der Waals surface area contributed by atoms with E-state index in [4.69, 9.17) is 10.5 Å². The molecule has 1 aliphatic rings. The summed E-state index contributed by atoms with van der Waals surface area (Å²) < 4.78 is 41.0. The maximum Gasteiger partial charge on any atom is 0.390 e. The molecule has 1 unspecified atom stereocenters. The molecule has 1 aliphatic heterocycles. The normalized spacial score (nSPS) is 21.6. The molecule has 1 saturated heterocycles. The summed E-state index contributed by atoms with van der Waals surface area (Å²) in [6.45, 7) is 3.53. The second-order valence-corrected chi connectivity index (χ2v) is 3.82. The number of hydrogen-bond acceptors (Lipinski definition) is 3. The Morgan fingerprint density at radius 2 is 1.87 bits per heavy atom. The highest BCUT2D eigenvalue weighted by molar-refractivity contribution is 4.70. The van der Waals surface area contributed by atoms with Crippen LogP contribution in [0.2, 0.25) is 0 Å². The molecule has 0 aromatic rings. The molecule has 0 radical (unpaired) electrons. The van der Waals surface area contributed by atoms with Crippen molar-refractivity contribution in [2.75, 3.05) is 32.8 Å². The van der Waals surface area contributed by atoms with Crippen LogP contribution in [-0.2, 0) is 4.74 Å². The lowest BCUT2D eigenvalue weighted by Gasteiger charge is -2.27. The Bertz CT molecular complexity index is 181. The zero-order valence-electron chi connectivity index (χ0n) is 8.59. The van der Waals surface area contributed by atoms with Crippen molar-refractivity contribution in [1.29, 1.82) is 0 Å². The summed E-state index contributed by atoms with van der Waals surface area (Å²) in [5, 5.41) is 0. The van der Waals surface area contributed by atoms with E-state index in [-0.39, 0.29) is 0 Å². The van der Waals surface area contributed by atoms with Crippen LogP contribution >= 0.6 is 0 Å². The summed E-state index contributed by atoms with van der Waals surface area (Å²) >= 11 is 0. The van der Waals surface area contributed by atoms with Crippen LogP contribution in [0.25, 0.3) is 0 Å². The van der Waals surface area contributed by atoms with Gasteiger partial charge in [-0.25, -0.2) is 0 Å². The van der Waals surface area contributed by atoms with Crippen LogP contribution in [0.1, 0.15) is 12.8 Å². The van der Waals surface area contributed by atoms with E-state index < -0.39 is 18.6 Å². The third kappa shape index (κ3) is 5.96. The number of nitrogens with zero attached hydrogens (tertiary/aromatic N) is 1. The summed E-state index contributed by atoms with van der Waals surface area (Å²) in [6.07, 6.45) is -4.65. The van der Waals surface area contributed by atoms with Crippen LogP contribution in [0.3, 0.4) is 0 Å². The predicted octanol–water partition coefficient (Wildman–Crippen LogP) is 0.988. The van der Waals surface area contributed by atoms with E-state index in [1.807, 2.05) is 0 Å². The monoisotopic (exact) mass is 226 g/mol. The average molecular weight is 226 g/mol. The van der Waals surface area contributed by atoms with Crippen molar-refractivity contribution in [3.63, 3.8) is 0 Å². The molecule has 6 heteroatoms. The number of rotatable bonds is 4. The van der Waals surface area contributed by atoms with Gasteiger partial charge in [-0.3, -0.25) is 4.90 Å². The summed E-state index contributed by atoms with van der Waals surface area (Å²) in [4.78, 5) is 2.08. The molecular weight excluding hydrogens is 209 g/mol. The van der Waals surface area contributed by atoms with Crippen LogP contribution < -0.4 is 5.73 Å². The molecular formula is C9H17F3N2O. The van der Waals surface area contributed by atoms with Crippen molar-refractivity contribution in [1.82, 2.24) is 4.90 Å². The van der Waals surface area contributed by atoms with Crippen LogP contribution in [0.15, 0.2) is 0 Å². The van der Waals surface area contributed by atoms with Gasteiger partial charge in [0, 0.05) is 19.1 Å². The minimum Gasteiger partial charge on any atom is -0.379 e. The minimum atomic E-state index is -4.15. The number of nitrogens with two attached hydrogens (primary N) is 1. The van der Waals surface area contributed by atoms with E-state index in [0.717, 1.165) is 13.1 Å². The summed E-state index contributed by atoms with van der Waals surface area (Å²) in [5.74, 6) is 0. The van der Waals surface area contributed by atoms with Gasteiger partial charge in [0.05, 0.1) is 19.6 Å². The molecule has 0 amide bonds. The molecule has 1 heterocycles. The number of ether oxygens (including phenoxy) is 1. The SMILES string of the molecule is NC(CCN1CCOCC1)CC(F)(F)F. The van der Waals surface area contributed by atoms with E-state index in [2.05, 4.69) is 4.90 Å². The van der Waals surface area contributed by atoms with Crippen molar-refractivity contribution in [2.45, 2.75) is 25.1 Å². The maximum atomic E-state index is 12.0. The molecule has 1 atom stereocenters.